The van der Waals surface area contributed by atoms with E-state index in [1.807, 2.05) is 35.6 Å². The van der Waals surface area contributed by atoms with Gasteiger partial charge in [0.15, 0.2) is 11.0 Å². The number of carbonyl (C=O) groups excluding carboxylic acids is 1. The second-order valence-electron chi connectivity index (χ2n) is 9.85. The number of likely N-dealkylation sites (N-methyl/N-ethyl adjacent to an activating group) is 1. The number of likely N-dealkylation sites (tertiary alicyclic amines) is 1. The Bertz CT molecular complexity index is 1340. The molecule has 4 heterocycles. The van der Waals surface area contributed by atoms with Crippen molar-refractivity contribution in [3.05, 3.63) is 87.6 Å². The number of piperidine rings is 1. The van der Waals surface area contributed by atoms with Crippen LogP contribution in [0.1, 0.15) is 33.7 Å². The van der Waals surface area contributed by atoms with Crippen molar-refractivity contribution in [2.24, 2.45) is 0 Å². The molecule has 3 aromatic rings. The van der Waals surface area contributed by atoms with E-state index in [0.29, 0.717) is 16.9 Å². The number of anilines is 1. The van der Waals surface area contributed by atoms with Crippen LogP contribution in [0.3, 0.4) is 0 Å². The number of ether oxygens (including phenoxy) is 1. The van der Waals surface area contributed by atoms with E-state index < -0.39 is 11.0 Å². The van der Waals surface area contributed by atoms with Gasteiger partial charge in [-0.3, -0.25) is 14.4 Å². The number of hydrogen-bond donors (Lipinski definition) is 1. The number of hydrogen-bond acceptors (Lipinski definition) is 6. The molecule has 1 atom stereocenters. The molecule has 1 unspecified atom stereocenters. The molecule has 1 amide bonds. The average Bonchev–Trinajstić information content (AvgIpc) is 3.56. The molecular weight excluding hydrogens is 490 g/mol. The highest BCUT2D eigenvalue weighted by Gasteiger charge is 2.43. The summed E-state index contributed by atoms with van der Waals surface area (Å²) in [6, 6.07) is 20.7. The predicted molar refractivity (Wildman–Crippen MR) is 145 cm³/mol. The topological polar surface area (TPSA) is 61.9 Å². The largest absolute Gasteiger partial charge is 0.488 e. The Kier molecular flexibility index (Phi) is 6.19. The third-order valence-electron chi connectivity index (χ3n) is 7.51. The zero-order valence-corrected chi connectivity index (χ0v) is 21.9. The molecular formula is C28H29N3O3S2. The first kappa shape index (κ1) is 23.5. The van der Waals surface area contributed by atoms with E-state index in [2.05, 4.69) is 58.0 Å². The summed E-state index contributed by atoms with van der Waals surface area (Å²) < 4.78 is 20.3. The second kappa shape index (κ2) is 9.50. The van der Waals surface area contributed by atoms with E-state index in [-0.39, 0.29) is 5.91 Å². The van der Waals surface area contributed by atoms with E-state index in [4.69, 9.17) is 4.74 Å². The summed E-state index contributed by atoms with van der Waals surface area (Å²) in [7, 11) is 0.741. The molecule has 0 saturated carbocycles. The quantitative estimate of drug-likeness (QED) is 0.522. The fourth-order valence-corrected chi connectivity index (χ4v) is 7.55. The number of thiophene rings is 1. The van der Waals surface area contributed by atoms with Gasteiger partial charge in [-0.1, -0.05) is 30.3 Å². The molecule has 3 aliphatic rings. The summed E-state index contributed by atoms with van der Waals surface area (Å²) in [6.45, 7) is 4.89. The van der Waals surface area contributed by atoms with Crippen molar-refractivity contribution in [3.63, 3.8) is 0 Å². The molecule has 36 heavy (non-hydrogen) atoms. The van der Waals surface area contributed by atoms with Gasteiger partial charge >= 0.3 is 0 Å². The van der Waals surface area contributed by atoms with Gasteiger partial charge in [-0.15, -0.1) is 11.3 Å². The van der Waals surface area contributed by atoms with E-state index in [9.17, 15) is 9.00 Å². The number of rotatable bonds is 6. The lowest BCUT2D eigenvalue weighted by molar-refractivity contribution is -0.114. The maximum Gasteiger partial charge on any atom is 0.257 e. The number of para-hydroxylation sites is 1. The number of carbonyl (C=O) groups is 1. The summed E-state index contributed by atoms with van der Waals surface area (Å²) in [4.78, 5) is 19.5. The molecule has 0 radical (unpaired) electrons. The molecule has 0 aliphatic carbocycles. The van der Waals surface area contributed by atoms with Crippen LogP contribution in [-0.2, 0) is 34.3 Å². The Labute approximate surface area is 218 Å². The first-order valence-electron chi connectivity index (χ1n) is 12.3. The highest BCUT2D eigenvalue weighted by atomic mass is 32.2. The van der Waals surface area contributed by atoms with Gasteiger partial charge in [0.25, 0.3) is 5.91 Å². The zero-order chi connectivity index (χ0) is 24.7. The van der Waals surface area contributed by atoms with Crippen LogP contribution >= 0.6 is 11.3 Å². The molecule has 186 valence electrons. The van der Waals surface area contributed by atoms with Gasteiger partial charge in [-0.2, -0.15) is 0 Å². The Morgan fingerprint density at radius 2 is 1.78 bits per heavy atom. The average molecular weight is 520 g/mol. The normalized spacial score (nSPS) is 20.9. The molecule has 8 heteroatoms. The van der Waals surface area contributed by atoms with E-state index >= 15 is 0 Å². The van der Waals surface area contributed by atoms with Crippen molar-refractivity contribution in [1.82, 2.24) is 9.62 Å². The standard InChI is InChI=1S/C28H29N3O3S2/c1-30-19-28(24-4-2-3-5-25(24)30)12-14-31(15-13-28)17-22-10-11-23(35-22)18-34-21-8-6-20(7-9-21)26-16-27(32)29-36(26)33/h2-11,16H,12-15,17-19H2,1H3,(H,29,32). The van der Waals surface area contributed by atoms with Crippen molar-refractivity contribution in [2.75, 3.05) is 31.6 Å². The lowest BCUT2D eigenvalue weighted by Crippen LogP contribution is -2.44. The second-order valence-corrected chi connectivity index (χ2v) is 12.3. The Morgan fingerprint density at radius 3 is 2.53 bits per heavy atom. The first-order chi connectivity index (χ1) is 17.5. The summed E-state index contributed by atoms with van der Waals surface area (Å²) in [5, 5.41) is 0. The molecule has 2 aromatic carbocycles. The summed E-state index contributed by atoms with van der Waals surface area (Å²) in [5.74, 6) is 0.429. The van der Waals surface area contributed by atoms with Crippen LogP contribution in [0.15, 0.2) is 66.7 Å². The number of fused-ring (bicyclic) bond motifs is 2. The minimum atomic E-state index is -1.48. The van der Waals surface area contributed by atoms with Crippen LogP contribution in [-0.4, -0.2) is 41.7 Å². The molecule has 6 nitrogen and oxygen atoms in total. The van der Waals surface area contributed by atoms with Gasteiger partial charge in [-0.05, 0) is 67.4 Å². The number of amides is 1. The SMILES string of the molecule is CN1CC2(CCN(Cc3ccc(COc4ccc(C5=CC(=O)NS5=O)cc4)s3)CC2)c2ccccc21. The van der Waals surface area contributed by atoms with Gasteiger partial charge in [0, 0.05) is 47.1 Å². The molecule has 1 N–H and O–H groups in total. The smallest absolute Gasteiger partial charge is 0.257 e. The van der Waals surface area contributed by atoms with Crippen LogP contribution in [0.25, 0.3) is 4.91 Å². The van der Waals surface area contributed by atoms with E-state index in [1.54, 1.807) is 0 Å². The Morgan fingerprint density at radius 1 is 1.03 bits per heavy atom. The van der Waals surface area contributed by atoms with Crippen molar-refractivity contribution >= 4 is 38.8 Å². The van der Waals surface area contributed by atoms with Crippen molar-refractivity contribution < 1.29 is 13.7 Å². The molecule has 1 fully saturated rings. The number of nitrogens with one attached hydrogen (secondary N) is 1. The number of benzene rings is 2. The van der Waals surface area contributed by atoms with E-state index in [1.165, 1.54) is 39.9 Å². The van der Waals surface area contributed by atoms with Gasteiger partial charge in [0.2, 0.25) is 0 Å². The molecule has 1 spiro atoms. The van der Waals surface area contributed by atoms with Crippen LogP contribution in [0.2, 0.25) is 0 Å². The van der Waals surface area contributed by atoms with Crippen molar-refractivity contribution in [1.29, 1.82) is 0 Å². The summed E-state index contributed by atoms with van der Waals surface area (Å²) in [5.41, 5.74) is 4.00. The van der Waals surface area contributed by atoms with Crippen LogP contribution < -0.4 is 14.4 Å². The fourth-order valence-electron chi connectivity index (χ4n) is 5.66. The van der Waals surface area contributed by atoms with Gasteiger partial charge in [0.1, 0.15) is 12.4 Å². The van der Waals surface area contributed by atoms with Crippen LogP contribution in [0, 0.1) is 0 Å². The Hall–Kier alpha value is -2.94. The van der Waals surface area contributed by atoms with Crippen LogP contribution in [0.5, 0.6) is 5.75 Å². The maximum atomic E-state index is 11.9. The zero-order valence-electron chi connectivity index (χ0n) is 20.2. The number of nitrogens with zero attached hydrogens (tertiary/aromatic N) is 2. The third kappa shape index (κ3) is 4.49. The van der Waals surface area contributed by atoms with Crippen molar-refractivity contribution in [2.45, 2.75) is 31.4 Å². The molecule has 1 aromatic heterocycles. The van der Waals surface area contributed by atoms with Crippen LogP contribution in [0.4, 0.5) is 5.69 Å². The minimum absolute atomic E-state index is 0.307. The van der Waals surface area contributed by atoms with Gasteiger partial charge in [-0.25, -0.2) is 4.21 Å². The molecule has 6 rings (SSSR count). The molecule has 0 bridgehead atoms. The maximum absolute atomic E-state index is 11.9. The van der Waals surface area contributed by atoms with E-state index in [0.717, 1.165) is 37.5 Å². The summed E-state index contributed by atoms with van der Waals surface area (Å²) >= 11 is 1.81. The lowest BCUT2D eigenvalue weighted by Gasteiger charge is -2.39. The molecule has 3 aliphatic heterocycles. The highest BCUT2D eigenvalue weighted by molar-refractivity contribution is 7.93. The predicted octanol–water partition coefficient (Wildman–Crippen LogP) is 4.45. The van der Waals surface area contributed by atoms with Crippen molar-refractivity contribution in [3.8, 4) is 5.75 Å². The fraction of sp³-hybridized carbons (Fsp3) is 0.321. The molecule has 1 saturated heterocycles. The Balaban J connectivity index is 1.02. The van der Waals surface area contributed by atoms with Gasteiger partial charge in [0.05, 0.1) is 4.91 Å². The van der Waals surface area contributed by atoms with Gasteiger partial charge < -0.3 is 9.64 Å². The minimum Gasteiger partial charge on any atom is -0.488 e. The monoisotopic (exact) mass is 519 g/mol. The summed E-state index contributed by atoms with van der Waals surface area (Å²) in [6.07, 6.45) is 3.80. The first-order valence-corrected chi connectivity index (χ1v) is 14.2. The third-order valence-corrected chi connectivity index (χ3v) is 9.69. The highest BCUT2D eigenvalue weighted by Crippen LogP contribution is 2.46. The lowest BCUT2D eigenvalue weighted by atomic mass is 9.74.